The Hall–Kier alpha value is -2.21. The number of thiazole rings is 1. The molecule has 1 aromatic carbocycles. The summed E-state index contributed by atoms with van der Waals surface area (Å²) in [6.45, 7) is 9.69. The van der Waals surface area contributed by atoms with Crippen LogP contribution in [0.3, 0.4) is 0 Å². The predicted octanol–water partition coefficient (Wildman–Crippen LogP) is 3.62. The molecule has 132 valence electrons. The van der Waals surface area contributed by atoms with Gasteiger partial charge in [-0.1, -0.05) is 26.0 Å². The Morgan fingerprint density at radius 3 is 2.76 bits per heavy atom. The second-order valence-electron chi connectivity index (χ2n) is 6.75. The number of carbonyl (C=O) groups excluding carboxylic acids is 1. The van der Waals surface area contributed by atoms with Crippen LogP contribution in [0.1, 0.15) is 35.8 Å². The van der Waals surface area contributed by atoms with Gasteiger partial charge in [0.05, 0.1) is 28.9 Å². The molecular formula is C19H24N4OS. The molecule has 0 saturated carbocycles. The zero-order chi connectivity index (χ0) is 18.0. The smallest absolute Gasteiger partial charge is 0.224 e. The molecule has 0 atom stereocenters. The zero-order valence-electron chi connectivity index (χ0n) is 15.2. The molecule has 0 aliphatic carbocycles. The van der Waals surface area contributed by atoms with Crippen molar-refractivity contribution < 1.29 is 4.79 Å². The van der Waals surface area contributed by atoms with Crippen molar-refractivity contribution >= 4 is 27.5 Å². The molecule has 25 heavy (non-hydrogen) atoms. The van der Waals surface area contributed by atoms with Gasteiger partial charge in [0.15, 0.2) is 0 Å². The summed E-state index contributed by atoms with van der Waals surface area (Å²) in [7, 11) is 0. The van der Waals surface area contributed by atoms with Gasteiger partial charge >= 0.3 is 0 Å². The summed E-state index contributed by atoms with van der Waals surface area (Å²) in [6, 6.07) is 8.02. The second-order valence-corrected chi connectivity index (χ2v) is 7.87. The first-order valence-corrected chi connectivity index (χ1v) is 9.39. The van der Waals surface area contributed by atoms with Gasteiger partial charge in [0, 0.05) is 17.8 Å². The van der Waals surface area contributed by atoms with Crippen molar-refractivity contribution in [1.82, 2.24) is 20.1 Å². The van der Waals surface area contributed by atoms with Gasteiger partial charge in [0.2, 0.25) is 5.91 Å². The minimum absolute atomic E-state index is 0.00885. The summed E-state index contributed by atoms with van der Waals surface area (Å²) in [5.74, 6) is 0.535. The number of aryl methyl sites for hydroxylation is 1. The van der Waals surface area contributed by atoms with Crippen LogP contribution in [0.5, 0.6) is 0 Å². The van der Waals surface area contributed by atoms with E-state index in [1.165, 1.54) is 0 Å². The van der Waals surface area contributed by atoms with E-state index >= 15 is 0 Å². The fraction of sp³-hybridized carbons (Fsp3) is 0.421. The SMILES string of the molecule is Cc1nn(CC(C)C)c(C)c1CC(=O)NCc1nc2ccccc2s1. The Bertz CT molecular complexity index is 861. The molecule has 3 rings (SSSR count). The molecule has 2 aromatic heterocycles. The third kappa shape index (κ3) is 4.07. The van der Waals surface area contributed by atoms with E-state index in [9.17, 15) is 4.79 Å². The summed E-state index contributed by atoms with van der Waals surface area (Å²) in [4.78, 5) is 16.9. The van der Waals surface area contributed by atoms with Crippen molar-refractivity contribution in [1.29, 1.82) is 0 Å². The Morgan fingerprint density at radius 2 is 2.04 bits per heavy atom. The number of carbonyl (C=O) groups is 1. The van der Waals surface area contributed by atoms with Gasteiger partial charge in [-0.25, -0.2) is 4.98 Å². The highest BCUT2D eigenvalue weighted by Crippen LogP contribution is 2.21. The molecule has 0 bridgehead atoms. The summed E-state index contributed by atoms with van der Waals surface area (Å²) in [5.41, 5.74) is 4.04. The van der Waals surface area contributed by atoms with E-state index in [0.717, 1.165) is 38.7 Å². The first-order valence-electron chi connectivity index (χ1n) is 8.58. The number of nitrogens with one attached hydrogen (secondary N) is 1. The lowest BCUT2D eigenvalue weighted by atomic mass is 10.1. The number of aromatic nitrogens is 3. The third-order valence-corrected chi connectivity index (χ3v) is 5.22. The second kappa shape index (κ2) is 7.35. The van der Waals surface area contributed by atoms with Crippen LogP contribution in [0.2, 0.25) is 0 Å². The number of hydrogen-bond acceptors (Lipinski definition) is 4. The number of hydrogen-bond donors (Lipinski definition) is 1. The van der Waals surface area contributed by atoms with Crippen molar-refractivity contribution in [3.05, 3.63) is 46.2 Å². The van der Waals surface area contributed by atoms with Crippen LogP contribution in [0.4, 0.5) is 0 Å². The fourth-order valence-corrected chi connectivity index (χ4v) is 3.81. The van der Waals surface area contributed by atoms with E-state index in [1.807, 2.05) is 42.8 Å². The molecule has 6 heteroatoms. The van der Waals surface area contributed by atoms with Gasteiger partial charge < -0.3 is 5.32 Å². The number of fused-ring (bicyclic) bond motifs is 1. The molecule has 2 heterocycles. The first kappa shape index (κ1) is 17.6. The van der Waals surface area contributed by atoms with Crippen LogP contribution in [0.25, 0.3) is 10.2 Å². The van der Waals surface area contributed by atoms with Crippen LogP contribution in [0.15, 0.2) is 24.3 Å². The highest BCUT2D eigenvalue weighted by molar-refractivity contribution is 7.18. The van der Waals surface area contributed by atoms with E-state index in [4.69, 9.17) is 0 Å². The molecule has 0 aliphatic heterocycles. The quantitative estimate of drug-likeness (QED) is 0.734. The fourth-order valence-electron chi connectivity index (χ4n) is 2.91. The van der Waals surface area contributed by atoms with Crippen LogP contribution in [0, 0.1) is 19.8 Å². The van der Waals surface area contributed by atoms with Gasteiger partial charge in [-0.05, 0) is 31.9 Å². The van der Waals surface area contributed by atoms with Crippen LogP contribution < -0.4 is 5.32 Å². The number of rotatable bonds is 6. The molecular weight excluding hydrogens is 332 g/mol. The van der Waals surface area contributed by atoms with Crippen LogP contribution >= 0.6 is 11.3 Å². The lowest BCUT2D eigenvalue weighted by Gasteiger charge is -2.08. The molecule has 0 fully saturated rings. The lowest BCUT2D eigenvalue weighted by molar-refractivity contribution is -0.120. The highest BCUT2D eigenvalue weighted by Gasteiger charge is 2.15. The van der Waals surface area contributed by atoms with Crippen LogP contribution in [-0.2, 0) is 24.3 Å². The monoisotopic (exact) mass is 356 g/mol. The average molecular weight is 356 g/mol. The first-order chi connectivity index (χ1) is 11.9. The molecule has 1 N–H and O–H groups in total. The molecule has 0 saturated heterocycles. The standard InChI is InChI=1S/C19H24N4OS/c1-12(2)11-23-14(4)15(13(3)22-23)9-18(24)20-10-19-21-16-7-5-6-8-17(16)25-19/h5-8,12H,9-11H2,1-4H3,(H,20,24). The molecule has 3 aromatic rings. The molecule has 0 spiro atoms. The van der Waals surface area contributed by atoms with Crippen molar-refractivity contribution in [3.8, 4) is 0 Å². The molecule has 1 amide bonds. The van der Waals surface area contributed by atoms with Gasteiger partial charge in [-0.2, -0.15) is 5.10 Å². The minimum Gasteiger partial charge on any atom is -0.349 e. The van der Waals surface area contributed by atoms with E-state index in [1.54, 1.807) is 11.3 Å². The molecule has 0 radical (unpaired) electrons. The van der Waals surface area contributed by atoms with Gasteiger partial charge in [-0.15, -0.1) is 11.3 Å². The summed E-state index contributed by atoms with van der Waals surface area (Å²) in [5, 5.41) is 8.49. The number of benzene rings is 1. The van der Waals surface area contributed by atoms with E-state index in [2.05, 4.69) is 29.2 Å². The summed E-state index contributed by atoms with van der Waals surface area (Å²) >= 11 is 1.62. The maximum atomic E-state index is 12.4. The zero-order valence-corrected chi connectivity index (χ0v) is 16.0. The third-order valence-electron chi connectivity index (χ3n) is 4.18. The molecule has 0 unspecified atom stereocenters. The predicted molar refractivity (Wildman–Crippen MR) is 102 cm³/mol. The van der Waals surface area contributed by atoms with Crippen molar-refractivity contribution in [2.75, 3.05) is 0 Å². The Labute approximate surface area is 152 Å². The maximum Gasteiger partial charge on any atom is 0.224 e. The lowest BCUT2D eigenvalue weighted by Crippen LogP contribution is -2.25. The minimum atomic E-state index is 0.00885. The number of amides is 1. The van der Waals surface area contributed by atoms with Crippen molar-refractivity contribution in [2.45, 2.75) is 47.2 Å². The van der Waals surface area contributed by atoms with Gasteiger partial charge in [-0.3, -0.25) is 9.48 Å². The molecule has 0 aliphatic rings. The maximum absolute atomic E-state index is 12.4. The van der Waals surface area contributed by atoms with Gasteiger partial charge in [0.25, 0.3) is 0 Å². The number of nitrogens with zero attached hydrogens (tertiary/aromatic N) is 3. The molecule has 5 nitrogen and oxygen atoms in total. The highest BCUT2D eigenvalue weighted by atomic mass is 32.1. The van der Waals surface area contributed by atoms with E-state index in [0.29, 0.717) is 18.9 Å². The Balaban J connectivity index is 1.63. The Morgan fingerprint density at radius 1 is 1.28 bits per heavy atom. The van der Waals surface area contributed by atoms with Crippen molar-refractivity contribution in [3.63, 3.8) is 0 Å². The summed E-state index contributed by atoms with van der Waals surface area (Å²) < 4.78 is 3.16. The van der Waals surface area contributed by atoms with E-state index < -0.39 is 0 Å². The van der Waals surface area contributed by atoms with Crippen molar-refractivity contribution in [2.24, 2.45) is 5.92 Å². The van der Waals surface area contributed by atoms with Gasteiger partial charge in [0.1, 0.15) is 5.01 Å². The van der Waals surface area contributed by atoms with Crippen LogP contribution in [-0.4, -0.2) is 20.7 Å². The average Bonchev–Trinajstić information content (AvgIpc) is 3.08. The normalized spacial score (nSPS) is 11.4. The largest absolute Gasteiger partial charge is 0.349 e. The van der Waals surface area contributed by atoms with E-state index in [-0.39, 0.29) is 5.91 Å². The number of para-hydroxylation sites is 1. The Kier molecular flexibility index (Phi) is 5.18. The topological polar surface area (TPSA) is 59.8 Å². The summed E-state index contributed by atoms with van der Waals surface area (Å²) in [6.07, 6.45) is 0.362.